The number of carbonyl (C=O) groups excluding carboxylic acids is 2. The topological polar surface area (TPSA) is 87.7 Å². The van der Waals surface area contributed by atoms with Crippen LogP contribution < -0.4 is 10.6 Å². The SMILES string of the molecule is CC(C)(C)CC(O)CNC(=O)CCNC(=O)OC(C)(C)C. The van der Waals surface area contributed by atoms with Crippen molar-refractivity contribution >= 4 is 12.0 Å². The zero-order valence-electron chi connectivity index (χ0n) is 14.1. The number of aliphatic hydroxyl groups excluding tert-OH is 1. The summed E-state index contributed by atoms with van der Waals surface area (Å²) in [6.45, 7) is 11.8. The second-order valence-corrected chi connectivity index (χ2v) is 7.40. The Balaban J connectivity index is 3.79. The number of hydrogen-bond acceptors (Lipinski definition) is 4. The van der Waals surface area contributed by atoms with Gasteiger partial charge in [-0.2, -0.15) is 0 Å². The fraction of sp³-hybridized carbons (Fsp3) is 0.867. The number of carbonyl (C=O) groups is 2. The van der Waals surface area contributed by atoms with Crippen LogP contribution in [0.2, 0.25) is 0 Å². The van der Waals surface area contributed by atoms with Gasteiger partial charge in [-0.3, -0.25) is 4.79 Å². The molecule has 6 heteroatoms. The van der Waals surface area contributed by atoms with Crippen LogP contribution in [-0.2, 0) is 9.53 Å². The van der Waals surface area contributed by atoms with E-state index in [9.17, 15) is 14.7 Å². The van der Waals surface area contributed by atoms with Gasteiger partial charge < -0.3 is 20.5 Å². The number of ether oxygens (including phenoxy) is 1. The van der Waals surface area contributed by atoms with Gasteiger partial charge in [0.15, 0.2) is 0 Å². The molecule has 0 heterocycles. The Labute approximate surface area is 127 Å². The molecule has 0 rings (SSSR count). The van der Waals surface area contributed by atoms with Gasteiger partial charge >= 0.3 is 6.09 Å². The standard InChI is InChI=1S/C15H30N2O4/c1-14(2,3)9-11(18)10-17-12(19)7-8-16-13(20)21-15(4,5)6/h11,18H,7-10H2,1-6H3,(H,16,20)(H,17,19). The summed E-state index contributed by atoms with van der Waals surface area (Å²) >= 11 is 0. The molecule has 0 aliphatic heterocycles. The second-order valence-electron chi connectivity index (χ2n) is 7.40. The molecule has 0 aromatic heterocycles. The van der Waals surface area contributed by atoms with Gasteiger partial charge in [0.2, 0.25) is 5.91 Å². The van der Waals surface area contributed by atoms with Crippen LogP contribution in [0.1, 0.15) is 54.4 Å². The lowest BCUT2D eigenvalue weighted by atomic mass is 9.89. The van der Waals surface area contributed by atoms with E-state index in [-0.39, 0.29) is 30.8 Å². The highest BCUT2D eigenvalue weighted by molar-refractivity contribution is 5.77. The number of hydrogen-bond donors (Lipinski definition) is 3. The zero-order chi connectivity index (χ0) is 16.7. The van der Waals surface area contributed by atoms with Gasteiger partial charge in [-0.25, -0.2) is 4.79 Å². The summed E-state index contributed by atoms with van der Waals surface area (Å²) in [5.41, 5.74) is -0.536. The van der Waals surface area contributed by atoms with Crippen LogP contribution in [0.25, 0.3) is 0 Å². The van der Waals surface area contributed by atoms with Crippen molar-refractivity contribution < 1.29 is 19.4 Å². The van der Waals surface area contributed by atoms with Crippen LogP contribution in [0.15, 0.2) is 0 Å². The van der Waals surface area contributed by atoms with Crippen LogP contribution in [0.3, 0.4) is 0 Å². The van der Waals surface area contributed by atoms with Gasteiger partial charge in [0.1, 0.15) is 5.60 Å². The summed E-state index contributed by atoms with van der Waals surface area (Å²) < 4.78 is 5.05. The van der Waals surface area contributed by atoms with E-state index in [2.05, 4.69) is 10.6 Å². The first-order valence-corrected chi connectivity index (χ1v) is 7.31. The first-order valence-electron chi connectivity index (χ1n) is 7.31. The minimum absolute atomic E-state index is 0.0163. The van der Waals surface area contributed by atoms with Crippen molar-refractivity contribution in [2.24, 2.45) is 5.41 Å². The van der Waals surface area contributed by atoms with Gasteiger partial charge in [0, 0.05) is 19.5 Å². The number of rotatable bonds is 6. The molecule has 0 saturated carbocycles. The average molecular weight is 302 g/mol. The third kappa shape index (κ3) is 13.4. The summed E-state index contributed by atoms with van der Waals surface area (Å²) in [6.07, 6.45) is -0.332. The van der Waals surface area contributed by atoms with Crippen molar-refractivity contribution in [3.05, 3.63) is 0 Å². The number of amides is 2. The van der Waals surface area contributed by atoms with Gasteiger partial charge in [0.25, 0.3) is 0 Å². The van der Waals surface area contributed by atoms with Gasteiger partial charge in [-0.1, -0.05) is 20.8 Å². The molecule has 6 nitrogen and oxygen atoms in total. The summed E-state index contributed by atoms with van der Waals surface area (Å²) in [7, 11) is 0. The van der Waals surface area contributed by atoms with E-state index in [0.29, 0.717) is 6.42 Å². The van der Waals surface area contributed by atoms with Crippen LogP contribution in [0.5, 0.6) is 0 Å². The van der Waals surface area contributed by atoms with E-state index < -0.39 is 17.8 Å². The number of alkyl carbamates (subject to hydrolysis) is 1. The molecule has 0 spiro atoms. The molecular weight excluding hydrogens is 272 g/mol. The van der Waals surface area contributed by atoms with Gasteiger partial charge in [-0.15, -0.1) is 0 Å². The summed E-state index contributed by atoms with van der Waals surface area (Å²) in [5, 5.41) is 14.9. The minimum Gasteiger partial charge on any atom is -0.444 e. The van der Waals surface area contributed by atoms with E-state index in [4.69, 9.17) is 4.74 Å². The molecule has 124 valence electrons. The van der Waals surface area contributed by atoms with Crippen molar-refractivity contribution in [2.75, 3.05) is 13.1 Å². The first kappa shape index (κ1) is 19.7. The third-order valence-electron chi connectivity index (χ3n) is 2.40. The van der Waals surface area contributed by atoms with E-state index in [1.54, 1.807) is 20.8 Å². The van der Waals surface area contributed by atoms with Crippen molar-refractivity contribution in [1.29, 1.82) is 0 Å². The molecule has 2 amide bonds. The largest absolute Gasteiger partial charge is 0.444 e. The van der Waals surface area contributed by atoms with Crippen molar-refractivity contribution in [2.45, 2.75) is 66.1 Å². The molecule has 21 heavy (non-hydrogen) atoms. The van der Waals surface area contributed by atoms with Crippen molar-refractivity contribution in [3.63, 3.8) is 0 Å². The number of aliphatic hydroxyl groups is 1. The Kier molecular flexibility index (Phi) is 7.71. The minimum atomic E-state index is -0.562. The maximum atomic E-state index is 11.6. The van der Waals surface area contributed by atoms with Crippen LogP contribution in [0, 0.1) is 5.41 Å². The molecule has 0 fully saturated rings. The maximum absolute atomic E-state index is 11.6. The van der Waals surface area contributed by atoms with E-state index >= 15 is 0 Å². The van der Waals surface area contributed by atoms with Crippen molar-refractivity contribution in [3.8, 4) is 0 Å². The fourth-order valence-corrected chi connectivity index (χ4v) is 1.69. The molecule has 0 aromatic carbocycles. The lowest BCUT2D eigenvalue weighted by Crippen LogP contribution is -2.37. The quantitative estimate of drug-likeness (QED) is 0.698. The average Bonchev–Trinajstić information content (AvgIpc) is 2.21. The number of nitrogens with one attached hydrogen (secondary N) is 2. The zero-order valence-corrected chi connectivity index (χ0v) is 14.1. The summed E-state index contributed by atoms with van der Waals surface area (Å²) in [4.78, 5) is 22.9. The second kappa shape index (κ2) is 8.22. The van der Waals surface area contributed by atoms with E-state index in [1.165, 1.54) is 0 Å². The molecule has 3 N–H and O–H groups in total. The fourth-order valence-electron chi connectivity index (χ4n) is 1.69. The van der Waals surface area contributed by atoms with Crippen LogP contribution in [-0.4, -0.2) is 41.9 Å². The normalized spacial score (nSPS) is 13.5. The molecule has 0 aliphatic carbocycles. The maximum Gasteiger partial charge on any atom is 0.407 e. The lowest BCUT2D eigenvalue weighted by Gasteiger charge is -2.22. The molecule has 1 unspecified atom stereocenters. The lowest BCUT2D eigenvalue weighted by molar-refractivity contribution is -0.121. The third-order valence-corrected chi connectivity index (χ3v) is 2.40. The Hall–Kier alpha value is -1.30. The van der Waals surface area contributed by atoms with Gasteiger partial charge in [-0.05, 0) is 32.6 Å². The molecule has 0 bridgehead atoms. The molecular formula is C15H30N2O4. The van der Waals surface area contributed by atoms with Crippen molar-refractivity contribution in [1.82, 2.24) is 10.6 Å². The summed E-state index contributed by atoms with van der Waals surface area (Å²) in [5.74, 6) is -0.209. The monoisotopic (exact) mass is 302 g/mol. The highest BCUT2D eigenvalue weighted by Crippen LogP contribution is 2.20. The highest BCUT2D eigenvalue weighted by Gasteiger charge is 2.18. The Morgan fingerprint density at radius 3 is 2.14 bits per heavy atom. The molecule has 1 atom stereocenters. The predicted molar refractivity (Wildman–Crippen MR) is 81.9 cm³/mol. The van der Waals surface area contributed by atoms with Gasteiger partial charge in [0.05, 0.1) is 6.10 Å². The van der Waals surface area contributed by atoms with Crippen LogP contribution >= 0.6 is 0 Å². The Bertz CT molecular complexity index is 343. The molecule has 0 aliphatic rings. The first-order chi connectivity index (χ1) is 9.39. The Morgan fingerprint density at radius 2 is 1.67 bits per heavy atom. The van der Waals surface area contributed by atoms with E-state index in [1.807, 2.05) is 20.8 Å². The smallest absolute Gasteiger partial charge is 0.407 e. The van der Waals surface area contributed by atoms with Crippen LogP contribution in [0.4, 0.5) is 4.79 Å². The van der Waals surface area contributed by atoms with E-state index in [0.717, 1.165) is 0 Å². The molecule has 0 radical (unpaired) electrons. The summed E-state index contributed by atoms with van der Waals surface area (Å²) in [6, 6.07) is 0. The highest BCUT2D eigenvalue weighted by atomic mass is 16.6. The predicted octanol–water partition coefficient (Wildman–Crippen LogP) is 1.81. The molecule has 0 aromatic rings. The molecule has 0 saturated heterocycles. The Morgan fingerprint density at radius 1 is 1.10 bits per heavy atom.